The maximum atomic E-state index is 13.8. The Hall–Kier alpha value is -2.36. The molecule has 1 saturated carbocycles. The molecule has 1 heterocycles. The number of nitriles is 1. The largest absolute Gasteiger partial charge is 0.435 e. The van der Waals surface area contributed by atoms with Gasteiger partial charge in [-0.05, 0) is 30.4 Å². The van der Waals surface area contributed by atoms with Gasteiger partial charge >= 0.3 is 12.8 Å². The lowest BCUT2D eigenvalue weighted by Gasteiger charge is -2.27. The summed E-state index contributed by atoms with van der Waals surface area (Å²) in [6, 6.07) is 7.52. The van der Waals surface area contributed by atoms with Crippen molar-refractivity contribution in [2.75, 3.05) is 5.75 Å². The minimum atomic E-state index is -4.65. The topological polar surface area (TPSA) is 74.2 Å². The van der Waals surface area contributed by atoms with Gasteiger partial charge in [0.1, 0.15) is 17.3 Å². The zero-order valence-corrected chi connectivity index (χ0v) is 18.7. The van der Waals surface area contributed by atoms with Gasteiger partial charge in [0, 0.05) is 21.9 Å². The molecule has 0 radical (unpaired) electrons. The maximum absolute atomic E-state index is 13.8. The Bertz CT molecular complexity index is 975. The van der Waals surface area contributed by atoms with E-state index in [1.165, 1.54) is 29.6 Å². The zero-order chi connectivity index (χ0) is 24.1. The van der Waals surface area contributed by atoms with Crippen molar-refractivity contribution in [1.29, 1.82) is 5.26 Å². The Morgan fingerprint density at radius 3 is 2.55 bits per heavy atom. The van der Waals surface area contributed by atoms with Crippen LogP contribution in [0.4, 0.5) is 22.0 Å². The van der Waals surface area contributed by atoms with Gasteiger partial charge in [0.15, 0.2) is 0 Å². The highest BCUT2D eigenvalue weighted by atomic mass is 32.2. The van der Waals surface area contributed by atoms with Crippen LogP contribution in [-0.4, -0.2) is 36.0 Å². The summed E-state index contributed by atoms with van der Waals surface area (Å²) >= 11 is 2.00. The molecule has 2 atom stereocenters. The maximum Gasteiger partial charge on any atom is 0.408 e. The molecule has 0 aliphatic heterocycles. The second kappa shape index (κ2) is 10.7. The number of halogens is 5. The summed E-state index contributed by atoms with van der Waals surface area (Å²) < 4.78 is 71.0. The number of nitrogens with zero attached hydrogens (tertiary/aromatic N) is 1. The lowest BCUT2D eigenvalue weighted by Crippen LogP contribution is -2.52. The second-order valence-corrected chi connectivity index (χ2v) is 9.40. The summed E-state index contributed by atoms with van der Waals surface area (Å²) in [6.45, 7) is -3.02. The molecule has 5 nitrogen and oxygen atoms in total. The number of carbonyl (C=O) groups is 1. The van der Waals surface area contributed by atoms with Gasteiger partial charge in [-0.15, -0.1) is 11.3 Å². The molecule has 0 bridgehead atoms. The van der Waals surface area contributed by atoms with Crippen molar-refractivity contribution >= 4 is 29.0 Å². The van der Waals surface area contributed by atoms with E-state index in [1.54, 1.807) is 12.1 Å². The van der Waals surface area contributed by atoms with Crippen LogP contribution in [0.15, 0.2) is 41.8 Å². The van der Waals surface area contributed by atoms with Crippen LogP contribution in [-0.2, 0) is 10.5 Å². The number of hydrogen-bond donors (Lipinski definition) is 2. The summed E-state index contributed by atoms with van der Waals surface area (Å²) in [5.74, 6) is -0.714. The van der Waals surface area contributed by atoms with Gasteiger partial charge in [0.25, 0.3) is 0 Å². The van der Waals surface area contributed by atoms with Gasteiger partial charge in [-0.1, -0.05) is 24.3 Å². The van der Waals surface area contributed by atoms with Crippen molar-refractivity contribution in [3.63, 3.8) is 0 Å². The first-order chi connectivity index (χ1) is 15.6. The zero-order valence-electron chi connectivity index (χ0n) is 17.1. The van der Waals surface area contributed by atoms with Crippen molar-refractivity contribution in [2.45, 2.75) is 49.0 Å². The normalized spacial score (nSPS) is 16.6. The number of amides is 1. The molecule has 0 saturated heterocycles. The standard InChI is InChI=1S/C21H20F5N3O2S2/c22-19(23)31-15-5-2-1-4-13(15)10-32-11-14(18(30)29-20(12-27)7-8-20)28-17(21(24,25)26)16-6-3-9-33-16/h1-6,9,14,17,19,28H,7-8,10-11H2,(H,29,30)/t14-,17+/m0/s1. The third-order valence-corrected chi connectivity index (χ3v) is 6.92. The van der Waals surface area contributed by atoms with E-state index in [4.69, 9.17) is 0 Å². The first kappa shape index (κ1) is 25.3. The smallest absolute Gasteiger partial charge is 0.408 e. The molecule has 1 aliphatic carbocycles. The van der Waals surface area contributed by atoms with Crippen LogP contribution in [0.25, 0.3) is 0 Å². The van der Waals surface area contributed by atoms with Crippen molar-refractivity contribution in [3.8, 4) is 11.8 Å². The van der Waals surface area contributed by atoms with Gasteiger partial charge in [-0.3, -0.25) is 10.1 Å². The first-order valence-electron chi connectivity index (χ1n) is 9.83. The number of alkyl halides is 5. The summed E-state index contributed by atoms with van der Waals surface area (Å²) in [5, 5.41) is 15.7. The minimum absolute atomic E-state index is 0.00222. The van der Waals surface area contributed by atoms with Crippen LogP contribution in [0, 0.1) is 11.3 Å². The van der Waals surface area contributed by atoms with Crippen molar-refractivity contribution in [1.82, 2.24) is 10.6 Å². The van der Waals surface area contributed by atoms with E-state index >= 15 is 0 Å². The molecule has 1 amide bonds. The third-order valence-electron chi connectivity index (χ3n) is 4.90. The Morgan fingerprint density at radius 2 is 1.97 bits per heavy atom. The van der Waals surface area contributed by atoms with Crippen LogP contribution in [0.5, 0.6) is 5.75 Å². The summed E-state index contributed by atoms with van der Waals surface area (Å²) in [7, 11) is 0. The van der Waals surface area contributed by atoms with E-state index in [0.29, 0.717) is 18.4 Å². The van der Waals surface area contributed by atoms with Gasteiger partial charge in [0.05, 0.1) is 12.1 Å². The Morgan fingerprint density at radius 1 is 1.24 bits per heavy atom. The Kier molecular flexibility index (Phi) is 8.20. The molecular formula is C21H20F5N3O2S2. The molecule has 1 aromatic carbocycles. The SMILES string of the molecule is N#CC1(NC(=O)[C@H](CSCc2ccccc2OC(F)F)N[C@H](c2cccs2)C(F)(F)F)CC1. The van der Waals surface area contributed by atoms with Crippen LogP contribution in [0.1, 0.15) is 29.3 Å². The number of thioether (sulfide) groups is 1. The van der Waals surface area contributed by atoms with Gasteiger partial charge < -0.3 is 10.1 Å². The highest BCUT2D eigenvalue weighted by molar-refractivity contribution is 7.98. The lowest BCUT2D eigenvalue weighted by molar-refractivity contribution is -0.159. The molecule has 12 heteroatoms. The predicted octanol–water partition coefficient (Wildman–Crippen LogP) is 5.02. The average molecular weight is 506 g/mol. The van der Waals surface area contributed by atoms with E-state index in [9.17, 15) is 32.0 Å². The molecule has 33 heavy (non-hydrogen) atoms. The Labute approximate surface area is 195 Å². The Balaban J connectivity index is 1.74. The quantitative estimate of drug-likeness (QED) is 0.420. The molecule has 1 aromatic heterocycles. The van der Waals surface area contributed by atoms with Crippen molar-refractivity contribution < 1.29 is 31.5 Å². The number of rotatable bonds is 11. The number of carbonyl (C=O) groups excluding carboxylic acids is 1. The lowest BCUT2D eigenvalue weighted by atomic mass is 10.1. The number of para-hydroxylation sites is 1. The number of thiophene rings is 1. The first-order valence-corrected chi connectivity index (χ1v) is 11.9. The van der Waals surface area contributed by atoms with E-state index in [0.717, 1.165) is 23.1 Å². The highest BCUT2D eigenvalue weighted by Gasteiger charge is 2.47. The molecule has 1 fully saturated rings. The van der Waals surface area contributed by atoms with E-state index in [2.05, 4.69) is 15.4 Å². The van der Waals surface area contributed by atoms with Crippen LogP contribution in [0.3, 0.4) is 0 Å². The highest BCUT2D eigenvalue weighted by Crippen LogP contribution is 2.37. The average Bonchev–Trinajstić information content (AvgIpc) is 3.31. The molecule has 0 spiro atoms. The van der Waals surface area contributed by atoms with Crippen LogP contribution in [0.2, 0.25) is 0 Å². The summed E-state index contributed by atoms with van der Waals surface area (Å²) in [5.41, 5.74) is -0.626. The number of ether oxygens (including phenoxy) is 1. The summed E-state index contributed by atoms with van der Waals surface area (Å²) in [4.78, 5) is 12.8. The van der Waals surface area contributed by atoms with Gasteiger partial charge in [0.2, 0.25) is 5.91 Å². The fourth-order valence-corrected chi connectivity index (χ4v) is 4.90. The number of nitrogens with one attached hydrogen (secondary N) is 2. The molecule has 178 valence electrons. The van der Waals surface area contributed by atoms with E-state index < -0.39 is 36.3 Å². The molecule has 0 unspecified atom stereocenters. The third kappa shape index (κ3) is 7.06. The molecule has 2 aromatic rings. The van der Waals surface area contributed by atoms with E-state index in [1.807, 2.05) is 6.07 Å². The second-order valence-electron chi connectivity index (χ2n) is 7.39. The molecule has 2 N–H and O–H groups in total. The predicted molar refractivity (Wildman–Crippen MR) is 115 cm³/mol. The summed E-state index contributed by atoms with van der Waals surface area (Å²) in [6.07, 6.45) is -3.79. The monoisotopic (exact) mass is 505 g/mol. The van der Waals surface area contributed by atoms with Crippen LogP contribution < -0.4 is 15.4 Å². The number of benzene rings is 1. The van der Waals surface area contributed by atoms with E-state index in [-0.39, 0.29) is 22.1 Å². The van der Waals surface area contributed by atoms with Crippen LogP contribution >= 0.6 is 23.1 Å². The van der Waals surface area contributed by atoms with Crippen molar-refractivity contribution in [2.24, 2.45) is 0 Å². The van der Waals surface area contributed by atoms with Crippen molar-refractivity contribution in [3.05, 3.63) is 52.2 Å². The van der Waals surface area contributed by atoms with Gasteiger partial charge in [-0.25, -0.2) is 0 Å². The fraction of sp³-hybridized carbons (Fsp3) is 0.429. The van der Waals surface area contributed by atoms with Gasteiger partial charge in [-0.2, -0.15) is 39.0 Å². The molecule has 3 rings (SSSR count). The fourth-order valence-electron chi connectivity index (χ4n) is 3.03. The minimum Gasteiger partial charge on any atom is -0.435 e. The molecule has 1 aliphatic rings. The number of hydrogen-bond acceptors (Lipinski definition) is 6. The molecular weight excluding hydrogens is 485 g/mol.